The minimum absolute atomic E-state index is 0.175. The second kappa shape index (κ2) is 8.32. The van der Waals surface area contributed by atoms with Crippen LogP contribution in [-0.2, 0) is 4.74 Å². The highest BCUT2D eigenvalue weighted by molar-refractivity contribution is 6.05. The molecule has 1 amide bonds. The number of hydrogen-bond acceptors (Lipinski definition) is 8. The van der Waals surface area contributed by atoms with E-state index in [0.29, 0.717) is 43.5 Å². The molecule has 0 spiro atoms. The lowest BCUT2D eigenvalue weighted by atomic mass is 10.1. The van der Waals surface area contributed by atoms with Gasteiger partial charge in [-0.1, -0.05) is 17.3 Å². The van der Waals surface area contributed by atoms with Gasteiger partial charge in [0.2, 0.25) is 11.7 Å². The Labute approximate surface area is 173 Å². The third kappa shape index (κ3) is 3.86. The largest absolute Gasteiger partial charge is 0.465 e. The van der Waals surface area contributed by atoms with Gasteiger partial charge in [-0.15, -0.1) is 0 Å². The maximum absolute atomic E-state index is 12.9. The standard InChI is InChI=1S/C21H21N5O4/c1-14-23-19(24-30-14)15-7-8-18(22-13-15)25-9-11-26(12-10-25)20(27)16-5-3-4-6-17(16)21(28)29-2/h3-8,13H,9-12H2,1-2H3. The number of carbonyl (C=O) groups excluding carboxylic acids is 2. The van der Waals surface area contributed by atoms with Crippen LogP contribution in [0.1, 0.15) is 26.6 Å². The van der Waals surface area contributed by atoms with Gasteiger partial charge in [0.05, 0.1) is 18.2 Å². The zero-order valence-corrected chi connectivity index (χ0v) is 16.7. The minimum atomic E-state index is -0.515. The summed E-state index contributed by atoms with van der Waals surface area (Å²) < 4.78 is 9.79. The van der Waals surface area contributed by atoms with Crippen LogP contribution >= 0.6 is 0 Å². The summed E-state index contributed by atoms with van der Waals surface area (Å²) in [6.07, 6.45) is 1.71. The number of esters is 1. The molecule has 3 heterocycles. The van der Waals surface area contributed by atoms with E-state index in [1.165, 1.54) is 7.11 Å². The summed E-state index contributed by atoms with van der Waals surface area (Å²) in [5, 5.41) is 3.90. The molecule has 1 aliphatic rings. The Balaban J connectivity index is 1.42. The average Bonchev–Trinajstić information content (AvgIpc) is 3.24. The Morgan fingerprint density at radius 3 is 2.37 bits per heavy atom. The quantitative estimate of drug-likeness (QED) is 0.607. The van der Waals surface area contributed by atoms with Crippen LogP contribution in [0, 0.1) is 6.92 Å². The van der Waals surface area contributed by atoms with Crippen molar-refractivity contribution in [3.63, 3.8) is 0 Å². The van der Waals surface area contributed by atoms with Gasteiger partial charge in [-0.3, -0.25) is 4.79 Å². The molecule has 3 aromatic rings. The summed E-state index contributed by atoms with van der Waals surface area (Å²) in [4.78, 5) is 37.5. The maximum atomic E-state index is 12.9. The van der Waals surface area contributed by atoms with Gasteiger partial charge in [-0.2, -0.15) is 4.98 Å². The van der Waals surface area contributed by atoms with Crippen molar-refractivity contribution >= 4 is 17.7 Å². The maximum Gasteiger partial charge on any atom is 0.338 e. The summed E-state index contributed by atoms with van der Waals surface area (Å²) >= 11 is 0. The topological polar surface area (TPSA) is 102 Å². The van der Waals surface area contributed by atoms with Crippen molar-refractivity contribution in [2.75, 3.05) is 38.2 Å². The number of nitrogens with zero attached hydrogens (tertiary/aromatic N) is 5. The number of piperazine rings is 1. The Kier molecular flexibility index (Phi) is 5.42. The van der Waals surface area contributed by atoms with Gasteiger partial charge in [-0.05, 0) is 24.3 Å². The van der Waals surface area contributed by atoms with E-state index >= 15 is 0 Å². The number of aromatic nitrogens is 3. The first-order valence-electron chi connectivity index (χ1n) is 9.55. The van der Waals surface area contributed by atoms with Gasteiger partial charge in [0.25, 0.3) is 5.91 Å². The van der Waals surface area contributed by atoms with Crippen LogP contribution in [-0.4, -0.2) is 65.2 Å². The monoisotopic (exact) mass is 407 g/mol. The first-order valence-corrected chi connectivity index (χ1v) is 9.55. The van der Waals surface area contributed by atoms with Gasteiger partial charge in [0.1, 0.15) is 5.82 Å². The van der Waals surface area contributed by atoms with Gasteiger partial charge in [0, 0.05) is 44.9 Å². The zero-order valence-electron chi connectivity index (χ0n) is 16.7. The molecule has 154 valence electrons. The van der Waals surface area contributed by atoms with Gasteiger partial charge in [0.15, 0.2) is 0 Å². The van der Waals surface area contributed by atoms with E-state index in [1.807, 2.05) is 12.1 Å². The van der Waals surface area contributed by atoms with E-state index in [0.717, 1.165) is 11.4 Å². The van der Waals surface area contributed by atoms with Crippen LogP contribution in [0.3, 0.4) is 0 Å². The Morgan fingerprint density at radius 1 is 1.03 bits per heavy atom. The Morgan fingerprint density at radius 2 is 1.77 bits per heavy atom. The molecule has 0 atom stereocenters. The van der Waals surface area contributed by atoms with Gasteiger partial charge >= 0.3 is 5.97 Å². The summed E-state index contributed by atoms with van der Waals surface area (Å²) in [5.74, 6) is 1.14. The number of methoxy groups -OCH3 is 1. The van der Waals surface area contributed by atoms with Crippen molar-refractivity contribution in [2.24, 2.45) is 0 Å². The highest BCUT2D eigenvalue weighted by Gasteiger charge is 2.26. The molecule has 1 fully saturated rings. The number of amides is 1. The fraction of sp³-hybridized carbons (Fsp3) is 0.286. The fourth-order valence-corrected chi connectivity index (χ4v) is 3.39. The third-order valence-corrected chi connectivity index (χ3v) is 4.99. The molecule has 0 radical (unpaired) electrons. The van der Waals surface area contributed by atoms with Crippen molar-refractivity contribution in [1.29, 1.82) is 0 Å². The normalized spacial score (nSPS) is 13.9. The predicted octanol–water partition coefficient (Wildman–Crippen LogP) is 2.19. The number of carbonyl (C=O) groups is 2. The summed E-state index contributed by atoms with van der Waals surface area (Å²) in [6.45, 7) is 4.08. The van der Waals surface area contributed by atoms with E-state index in [2.05, 4.69) is 20.0 Å². The first-order chi connectivity index (χ1) is 14.6. The molecule has 0 bridgehead atoms. The Bertz CT molecular complexity index is 1060. The molecule has 9 nitrogen and oxygen atoms in total. The van der Waals surface area contributed by atoms with E-state index in [1.54, 1.807) is 42.3 Å². The number of anilines is 1. The molecular formula is C21H21N5O4. The summed E-state index contributed by atoms with van der Waals surface area (Å²) in [6, 6.07) is 10.5. The minimum Gasteiger partial charge on any atom is -0.465 e. The molecule has 0 N–H and O–H groups in total. The average molecular weight is 407 g/mol. The van der Waals surface area contributed by atoms with E-state index < -0.39 is 5.97 Å². The number of benzene rings is 1. The Hall–Kier alpha value is -3.75. The molecule has 0 aliphatic carbocycles. The third-order valence-electron chi connectivity index (χ3n) is 4.99. The zero-order chi connectivity index (χ0) is 21.1. The molecule has 1 aliphatic heterocycles. The molecule has 2 aromatic heterocycles. The molecular weight excluding hydrogens is 386 g/mol. The first kappa shape index (κ1) is 19.6. The van der Waals surface area contributed by atoms with Crippen LogP contribution in [0.5, 0.6) is 0 Å². The van der Waals surface area contributed by atoms with Gasteiger partial charge in [-0.25, -0.2) is 9.78 Å². The molecule has 0 saturated carbocycles. The van der Waals surface area contributed by atoms with E-state index in [-0.39, 0.29) is 11.5 Å². The van der Waals surface area contributed by atoms with Crippen molar-refractivity contribution in [3.8, 4) is 11.4 Å². The van der Waals surface area contributed by atoms with Crippen LogP contribution < -0.4 is 4.90 Å². The number of aryl methyl sites for hydroxylation is 1. The lowest BCUT2D eigenvalue weighted by Crippen LogP contribution is -2.49. The SMILES string of the molecule is COC(=O)c1ccccc1C(=O)N1CCN(c2ccc(-c3noc(C)n3)cn2)CC1. The number of pyridine rings is 1. The highest BCUT2D eigenvalue weighted by atomic mass is 16.5. The number of ether oxygens (including phenoxy) is 1. The van der Waals surface area contributed by atoms with Crippen molar-refractivity contribution in [1.82, 2.24) is 20.0 Å². The molecule has 30 heavy (non-hydrogen) atoms. The summed E-state index contributed by atoms with van der Waals surface area (Å²) in [7, 11) is 1.31. The number of hydrogen-bond donors (Lipinski definition) is 0. The van der Waals surface area contributed by atoms with Gasteiger partial charge < -0.3 is 19.1 Å². The molecule has 1 aromatic carbocycles. The number of rotatable bonds is 4. The molecule has 4 rings (SSSR count). The second-order valence-electron chi connectivity index (χ2n) is 6.86. The van der Waals surface area contributed by atoms with E-state index in [4.69, 9.17) is 9.26 Å². The highest BCUT2D eigenvalue weighted by Crippen LogP contribution is 2.20. The molecule has 1 saturated heterocycles. The fourth-order valence-electron chi connectivity index (χ4n) is 3.39. The van der Waals surface area contributed by atoms with E-state index in [9.17, 15) is 9.59 Å². The van der Waals surface area contributed by atoms with Crippen LogP contribution in [0.4, 0.5) is 5.82 Å². The molecule has 9 heteroatoms. The molecule has 0 unspecified atom stereocenters. The summed E-state index contributed by atoms with van der Waals surface area (Å²) in [5.41, 5.74) is 1.42. The van der Waals surface area contributed by atoms with Crippen LogP contribution in [0.25, 0.3) is 11.4 Å². The lowest BCUT2D eigenvalue weighted by molar-refractivity contribution is 0.0589. The predicted molar refractivity (Wildman–Crippen MR) is 108 cm³/mol. The lowest BCUT2D eigenvalue weighted by Gasteiger charge is -2.35. The van der Waals surface area contributed by atoms with Crippen molar-refractivity contribution in [2.45, 2.75) is 6.92 Å². The smallest absolute Gasteiger partial charge is 0.338 e. The van der Waals surface area contributed by atoms with Crippen LogP contribution in [0.15, 0.2) is 47.1 Å². The van der Waals surface area contributed by atoms with Crippen LogP contribution in [0.2, 0.25) is 0 Å². The van der Waals surface area contributed by atoms with Crippen molar-refractivity contribution < 1.29 is 18.8 Å². The second-order valence-corrected chi connectivity index (χ2v) is 6.86. The van der Waals surface area contributed by atoms with Crippen molar-refractivity contribution in [3.05, 3.63) is 59.6 Å².